The first-order valence-corrected chi connectivity index (χ1v) is 6.93. The third-order valence-electron chi connectivity index (χ3n) is 1.52. The van der Waals surface area contributed by atoms with Crippen LogP contribution < -0.4 is 0 Å². The molecule has 0 atom stereocenters. The lowest BCUT2D eigenvalue weighted by molar-refractivity contribution is -0.129. The van der Waals surface area contributed by atoms with Gasteiger partial charge in [0.25, 0.3) is 15.1 Å². The standard InChI is InChI=1S/C6H5NO7S2/c1-15(11,12)6(10)4-2-3(5(8)9)7-16(4,13)14/h2H,1H3,(H,8,9). The molecule has 1 heterocycles. The van der Waals surface area contributed by atoms with Gasteiger partial charge in [-0.3, -0.25) is 4.79 Å². The summed E-state index contributed by atoms with van der Waals surface area (Å²) in [4.78, 5) is 20.4. The lowest BCUT2D eigenvalue weighted by atomic mass is 10.3. The number of hydrogen-bond donors (Lipinski definition) is 1. The second-order valence-corrected chi connectivity index (χ2v) is 6.31. The summed E-state index contributed by atoms with van der Waals surface area (Å²) in [5, 5.41) is 6.77. The van der Waals surface area contributed by atoms with Gasteiger partial charge in [0.1, 0.15) is 0 Å². The fourth-order valence-corrected chi connectivity index (χ4v) is 3.01. The highest BCUT2D eigenvalue weighted by Gasteiger charge is 2.37. The van der Waals surface area contributed by atoms with E-state index in [4.69, 9.17) is 5.11 Å². The predicted octanol–water partition coefficient (Wildman–Crippen LogP) is -1.69. The van der Waals surface area contributed by atoms with E-state index >= 15 is 0 Å². The van der Waals surface area contributed by atoms with Crippen LogP contribution in [0.1, 0.15) is 0 Å². The van der Waals surface area contributed by atoms with Gasteiger partial charge in [0, 0.05) is 6.26 Å². The molecule has 0 spiro atoms. The summed E-state index contributed by atoms with van der Waals surface area (Å²) in [6.07, 6.45) is 0.936. The maximum Gasteiger partial charge on any atom is 0.355 e. The molecule has 0 saturated heterocycles. The van der Waals surface area contributed by atoms with Gasteiger partial charge in [0.15, 0.2) is 10.6 Å². The van der Waals surface area contributed by atoms with Crippen molar-refractivity contribution >= 4 is 36.7 Å². The maximum absolute atomic E-state index is 11.2. The van der Waals surface area contributed by atoms with E-state index in [1.807, 2.05) is 0 Å². The zero-order chi connectivity index (χ0) is 12.7. The van der Waals surface area contributed by atoms with E-state index in [1.165, 1.54) is 0 Å². The Bertz CT molecular complexity index is 634. The number of carbonyl (C=O) groups excluding carboxylic acids is 1. The molecule has 0 aromatic carbocycles. The number of hydrogen-bond acceptors (Lipinski definition) is 6. The van der Waals surface area contributed by atoms with Crippen LogP contribution in [0.5, 0.6) is 0 Å². The Morgan fingerprint density at radius 3 is 2.19 bits per heavy atom. The molecule has 0 fully saturated rings. The number of rotatable bonds is 2. The van der Waals surface area contributed by atoms with Gasteiger partial charge < -0.3 is 5.11 Å². The topological polar surface area (TPSA) is 135 Å². The van der Waals surface area contributed by atoms with E-state index in [1.54, 1.807) is 0 Å². The van der Waals surface area contributed by atoms with Crippen molar-refractivity contribution in [1.29, 1.82) is 0 Å². The van der Waals surface area contributed by atoms with Crippen molar-refractivity contribution in [1.82, 2.24) is 0 Å². The zero-order valence-corrected chi connectivity index (χ0v) is 9.37. The lowest BCUT2D eigenvalue weighted by Gasteiger charge is -1.96. The third kappa shape index (κ3) is 2.17. The van der Waals surface area contributed by atoms with Crippen molar-refractivity contribution in [3.05, 3.63) is 11.0 Å². The van der Waals surface area contributed by atoms with Gasteiger partial charge in [-0.25, -0.2) is 13.2 Å². The van der Waals surface area contributed by atoms with Crippen molar-refractivity contribution in [2.24, 2.45) is 4.40 Å². The van der Waals surface area contributed by atoms with Crippen molar-refractivity contribution in [2.75, 3.05) is 6.26 Å². The fraction of sp³-hybridized carbons (Fsp3) is 0.167. The Kier molecular flexibility index (Phi) is 2.73. The number of carboxylic acid groups (broad SMARTS) is 1. The number of nitrogens with zero attached hydrogens (tertiary/aromatic N) is 1. The van der Waals surface area contributed by atoms with Crippen LogP contribution in [0.2, 0.25) is 0 Å². The molecule has 1 N–H and O–H groups in total. The number of carboxylic acids is 1. The Balaban J connectivity index is 3.37. The van der Waals surface area contributed by atoms with E-state index in [9.17, 15) is 26.4 Å². The Morgan fingerprint density at radius 2 is 1.88 bits per heavy atom. The first kappa shape index (κ1) is 12.5. The fourth-order valence-electron chi connectivity index (χ4n) is 0.851. The summed E-state index contributed by atoms with van der Waals surface area (Å²) >= 11 is 0. The van der Waals surface area contributed by atoms with Crippen molar-refractivity contribution in [2.45, 2.75) is 0 Å². The molecule has 88 valence electrons. The molecule has 0 aliphatic carbocycles. The normalized spacial score (nSPS) is 18.8. The average Bonchev–Trinajstić information content (AvgIpc) is 2.38. The molecule has 1 rings (SSSR count). The quantitative estimate of drug-likeness (QED) is 0.630. The zero-order valence-electron chi connectivity index (χ0n) is 7.74. The molecule has 0 aromatic heterocycles. The molecule has 0 bridgehead atoms. The first-order chi connectivity index (χ1) is 7.05. The Hall–Kier alpha value is -1.55. The average molecular weight is 267 g/mol. The van der Waals surface area contributed by atoms with Crippen LogP contribution >= 0.6 is 0 Å². The maximum atomic E-state index is 11.2. The monoisotopic (exact) mass is 267 g/mol. The molecule has 1 aliphatic rings. The predicted molar refractivity (Wildman–Crippen MR) is 51.9 cm³/mol. The van der Waals surface area contributed by atoms with E-state index in [2.05, 4.69) is 4.40 Å². The molecule has 8 nitrogen and oxygen atoms in total. The van der Waals surface area contributed by atoms with Crippen molar-refractivity contribution in [3.8, 4) is 0 Å². The molecule has 0 aromatic rings. The minimum absolute atomic E-state index is 0.418. The van der Waals surface area contributed by atoms with Gasteiger partial charge >= 0.3 is 5.97 Å². The molecule has 16 heavy (non-hydrogen) atoms. The van der Waals surface area contributed by atoms with Gasteiger partial charge in [-0.15, -0.1) is 0 Å². The molecule has 1 aliphatic heterocycles. The Labute approximate surface area is 90.3 Å². The highest BCUT2D eigenvalue weighted by molar-refractivity contribution is 8.09. The van der Waals surface area contributed by atoms with E-state index < -0.39 is 41.6 Å². The van der Waals surface area contributed by atoms with Crippen LogP contribution in [0.3, 0.4) is 0 Å². The molecular weight excluding hydrogens is 262 g/mol. The summed E-state index contributed by atoms with van der Waals surface area (Å²) in [7, 11) is -8.78. The molecule has 0 radical (unpaired) electrons. The second kappa shape index (κ2) is 3.49. The van der Waals surface area contributed by atoms with Gasteiger partial charge in [-0.05, 0) is 6.08 Å². The highest BCUT2D eigenvalue weighted by atomic mass is 32.2. The number of sulfonamides is 1. The summed E-state index contributed by atoms with van der Waals surface area (Å²) in [6.45, 7) is 0. The Morgan fingerprint density at radius 1 is 1.38 bits per heavy atom. The van der Waals surface area contributed by atoms with Crippen LogP contribution in [-0.4, -0.2) is 45.0 Å². The van der Waals surface area contributed by atoms with Crippen LogP contribution in [0.4, 0.5) is 0 Å². The SMILES string of the molecule is CS(=O)(=O)C(=O)C1=CC(C(=O)O)=NS1(=O)=O. The molecule has 0 amide bonds. The molecule has 0 unspecified atom stereocenters. The van der Waals surface area contributed by atoms with Crippen LogP contribution in [0, 0.1) is 0 Å². The van der Waals surface area contributed by atoms with Crippen molar-refractivity contribution in [3.63, 3.8) is 0 Å². The molecule has 10 heteroatoms. The summed E-state index contributed by atoms with van der Waals surface area (Å²) in [6, 6.07) is 0. The van der Waals surface area contributed by atoms with Gasteiger partial charge in [-0.1, -0.05) is 0 Å². The lowest BCUT2D eigenvalue weighted by Crippen LogP contribution is -2.18. The van der Waals surface area contributed by atoms with E-state index in [0.29, 0.717) is 12.3 Å². The second-order valence-electron chi connectivity index (χ2n) is 2.82. The number of sulfone groups is 1. The van der Waals surface area contributed by atoms with E-state index in [0.717, 1.165) is 0 Å². The van der Waals surface area contributed by atoms with E-state index in [-0.39, 0.29) is 0 Å². The van der Waals surface area contributed by atoms with Crippen LogP contribution in [0.25, 0.3) is 0 Å². The van der Waals surface area contributed by atoms with Crippen molar-refractivity contribution < 1.29 is 31.5 Å². The summed E-state index contributed by atoms with van der Waals surface area (Å²) in [5.74, 6) is -1.67. The number of carbonyl (C=O) groups is 2. The molecule has 0 saturated carbocycles. The van der Waals surface area contributed by atoms with Crippen LogP contribution in [0.15, 0.2) is 15.4 Å². The van der Waals surface area contributed by atoms with Gasteiger partial charge in [0.2, 0.25) is 9.84 Å². The minimum atomic E-state index is -4.52. The molecular formula is C6H5NO7S2. The van der Waals surface area contributed by atoms with Gasteiger partial charge in [-0.2, -0.15) is 12.8 Å². The summed E-state index contributed by atoms with van der Waals surface area (Å²) in [5.41, 5.74) is -0.896. The first-order valence-electron chi connectivity index (χ1n) is 3.60. The smallest absolute Gasteiger partial charge is 0.355 e. The van der Waals surface area contributed by atoms with Gasteiger partial charge in [0.05, 0.1) is 0 Å². The number of aliphatic carboxylic acids is 1. The van der Waals surface area contributed by atoms with Crippen LogP contribution in [-0.2, 0) is 29.4 Å². The minimum Gasteiger partial charge on any atom is -0.476 e. The summed E-state index contributed by atoms with van der Waals surface area (Å²) < 4.78 is 46.7. The third-order valence-corrected chi connectivity index (χ3v) is 3.84. The highest BCUT2D eigenvalue weighted by Crippen LogP contribution is 2.19. The largest absolute Gasteiger partial charge is 0.476 e.